The number of ether oxygens (including phenoxy) is 1. The van der Waals surface area contributed by atoms with Gasteiger partial charge in [-0.15, -0.1) is 0 Å². The molecule has 0 aliphatic heterocycles. The lowest BCUT2D eigenvalue weighted by Crippen LogP contribution is -2.43. The second-order valence-corrected chi connectivity index (χ2v) is 5.49. The molecular weight excluding hydrogens is 236 g/mol. The SMILES string of the molecule is CCN(C)CCNC1CC(c2cccc(OC)c2)C1. The molecule has 1 aliphatic rings. The summed E-state index contributed by atoms with van der Waals surface area (Å²) in [6.45, 7) is 5.55. The Balaban J connectivity index is 1.70. The summed E-state index contributed by atoms with van der Waals surface area (Å²) in [7, 11) is 3.90. The minimum atomic E-state index is 0.696. The van der Waals surface area contributed by atoms with Gasteiger partial charge in [0.2, 0.25) is 0 Å². The maximum absolute atomic E-state index is 5.28. The van der Waals surface area contributed by atoms with Crippen LogP contribution in [0.3, 0.4) is 0 Å². The molecule has 1 aromatic rings. The fourth-order valence-corrected chi connectivity index (χ4v) is 2.57. The van der Waals surface area contributed by atoms with Crippen LogP contribution < -0.4 is 10.1 Å². The van der Waals surface area contributed by atoms with Crippen molar-refractivity contribution in [2.24, 2.45) is 0 Å². The number of rotatable bonds is 7. The molecule has 0 radical (unpaired) electrons. The van der Waals surface area contributed by atoms with Crippen LogP contribution in [-0.4, -0.2) is 44.7 Å². The Labute approximate surface area is 116 Å². The first kappa shape index (κ1) is 14.4. The molecule has 2 rings (SSSR count). The number of nitrogens with one attached hydrogen (secondary N) is 1. The first-order chi connectivity index (χ1) is 9.22. The highest BCUT2D eigenvalue weighted by molar-refractivity contribution is 5.32. The van der Waals surface area contributed by atoms with E-state index in [0.717, 1.165) is 25.4 Å². The van der Waals surface area contributed by atoms with Crippen molar-refractivity contribution in [2.75, 3.05) is 33.8 Å². The van der Waals surface area contributed by atoms with Gasteiger partial charge in [0.1, 0.15) is 5.75 Å². The molecule has 0 spiro atoms. The molecule has 106 valence electrons. The Kier molecular flexibility index (Phi) is 5.23. The topological polar surface area (TPSA) is 24.5 Å². The van der Waals surface area contributed by atoms with Crippen molar-refractivity contribution in [3.05, 3.63) is 29.8 Å². The first-order valence-electron chi connectivity index (χ1n) is 7.28. The van der Waals surface area contributed by atoms with Crippen LogP contribution in [0.1, 0.15) is 31.2 Å². The van der Waals surface area contributed by atoms with E-state index >= 15 is 0 Å². The molecule has 0 heterocycles. The molecule has 1 aromatic carbocycles. The predicted molar refractivity (Wildman–Crippen MR) is 79.9 cm³/mol. The van der Waals surface area contributed by atoms with Gasteiger partial charge < -0.3 is 15.0 Å². The van der Waals surface area contributed by atoms with Gasteiger partial charge in [-0.05, 0) is 50.0 Å². The average Bonchev–Trinajstić information content (AvgIpc) is 2.41. The van der Waals surface area contributed by atoms with Crippen molar-refractivity contribution in [1.29, 1.82) is 0 Å². The van der Waals surface area contributed by atoms with E-state index in [4.69, 9.17) is 4.74 Å². The standard InChI is InChI=1S/C16H26N2O/c1-4-18(2)9-8-17-15-10-14(11-15)13-6-5-7-16(12-13)19-3/h5-7,12,14-15,17H,4,8-11H2,1-3H3. The largest absolute Gasteiger partial charge is 0.497 e. The third kappa shape index (κ3) is 3.95. The summed E-state index contributed by atoms with van der Waals surface area (Å²) < 4.78 is 5.28. The van der Waals surface area contributed by atoms with Crippen molar-refractivity contribution in [1.82, 2.24) is 10.2 Å². The van der Waals surface area contributed by atoms with E-state index < -0.39 is 0 Å². The summed E-state index contributed by atoms with van der Waals surface area (Å²) in [5, 5.41) is 3.64. The fraction of sp³-hybridized carbons (Fsp3) is 0.625. The normalized spacial score (nSPS) is 22.3. The van der Waals surface area contributed by atoms with Crippen LogP contribution in [0.15, 0.2) is 24.3 Å². The van der Waals surface area contributed by atoms with Crippen molar-refractivity contribution in [3.63, 3.8) is 0 Å². The highest BCUT2D eigenvalue weighted by atomic mass is 16.5. The zero-order valence-electron chi connectivity index (χ0n) is 12.4. The van der Waals surface area contributed by atoms with Crippen LogP contribution in [0, 0.1) is 0 Å². The molecule has 0 atom stereocenters. The van der Waals surface area contributed by atoms with Gasteiger partial charge >= 0.3 is 0 Å². The van der Waals surface area contributed by atoms with Crippen molar-refractivity contribution >= 4 is 0 Å². The minimum absolute atomic E-state index is 0.696. The lowest BCUT2D eigenvalue weighted by molar-refractivity contribution is 0.269. The van der Waals surface area contributed by atoms with E-state index in [1.807, 2.05) is 6.07 Å². The second kappa shape index (κ2) is 6.92. The van der Waals surface area contributed by atoms with Crippen LogP contribution in [0.25, 0.3) is 0 Å². The predicted octanol–water partition coefficient (Wildman–Crippen LogP) is 2.48. The molecule has 3 heteroatoms. The summed E-state index contributed by atoms with van der Waals surface area (Å²) in [6, 6.07) is 9.19. The molecule has 1 fully saturated rings. The molecule has 0 amide bonds. The fourth-order valence-electron chi connectivity index (χ4n) is 2.57. The van der Waals surface area contributed by atoms with Gasteiger partial charge in [0, 0.05) is 19.1 Å². The molecular formula is C16H26N2O. The smallest absolute Gasteiger partial charge is 0.119 e. The van der Waals surface area contributed by atoms with Gasteiger partial charge in [0.25, 0.3) is 0 Å². The Hall–Kier alpha value is -1.06. The van der Waals surface area contributed by atoms with Crippen molar-refractivity contribution in [2.45, 2.75) is 31.7 Å². The number of likely N-dealkylation sites (N-methyl/N-ethyl adjacent to an activating group) is 1. The zero-order chi connectivity index (χ0) is 13.7. The number of methoxy groups -OCH3 is 1. The lowest BCUT2D eigenvalue weighted by atomic mass is 9.76. The summed E-state index contributed by atoms with van der Waals surface area (Å²) in [6.07, 6.45) is 2.51. The Morgan fingerprint density at radius 1 is 1.37 bits per heavy atom. The van der Waals surface area contributed by atoms with Gasteiger partial charge in [-0.1, -0.05) is 19.1 Å². The van der Waals surface area contributed by atoms with Gasteiger partial charge in [-0.25, -0.2) is 0 Å². The summed E-state index contributed by atoms with van der Waals surface area (Å²) in [4.78, 5) is 2.34. The van der Waals surface area contributed by atoms with Crippen LogP contribution in [-0.2, 0) is 0 Å². The van der Waals surface area contributed by atoms with E-state index in [9.17, 15) is 0 Å². The second-order valence-electron chi connectivity index (χ2n) is 5.49. The van der Waals surface area contributed by atoms with Crippen LogP contribution in [0.4, 0.5) is 0 Å². The van der Waals surface area contributed by atoms with Crippen LogP contribution in [0.5, 0.6) is 5.75 Å². The van der Waals surface area contributed by atoms with Crippen molar-refractivity contribution < 1.29 is 4.74 Å². The van der Waals surface area contributed by atoms with Gasteiger partial charge in [0.15, 0.2) is 0 Å². The quantitative estimate of drug-likeness (QED) is 0.817. The summed E-state index contributed by atoms with van der Waals surface area (Å²) >= 11 is 0. The number of hydrogen-bond acceptors (Lipinski definition) is 3. The summed E-state index contributed by atoms with van der Waals surface area (Å²) in [5.41, 5.74) is 1.42. The molecule has 1 saturated carbocycles. The van der Waals surface area contributed by atoms with Gasteiger partial charge in [0.05, 0.1) is 7.11 Å². The molecule has 19 heavy (non-hydrogen) atoms. The molecule has 0 saturated heterocycles. The third-order valence-electron chi connectivity index (χ3n) is 4.17. The maximum Gasteiger partial charge on any atom is 0.119 e. The summed E-state index contributed by atoms with van der Waals surface area (Å²) in [5.74, 6) is 1.68. The van der Waals surface area contributed by atoms with E-state index in [0.29, 0.717) is 12.0 Å². The van der Waals surface area contributed by atoms with E-state index in [-0.39, 0.29) is 0 Å². The van der Waals surface area contributed by atoms with Crippen molar-refractivity contribution in [3.8, 4) is 5.75 Å². The number of nitrogens with zero attached hydrogens (tertiary/aromatic N) is 1. The third-order valence-corrected chi connectivity index (χ3v) is 4.17. The molecule has 1 aliphatic carbocycles. The van der Waals surface area contributed by atoms with Gasteiger partial charge in [-0.3, -0.25) is 0 Å². The average molecular weight is 262 g/mol. The molecule has 0 unspecified atom stereocenters. The highest BCUT2D eigenvalue weighted by Gasteiger charge is 2.29. The first-order valence-corrected chi connectivity index (χ1v) is 7.28. The van der Waals surface area contributed by atoms with Crippen LogP contribution in [0.2, 0.25) is 0 Å². The molecule has 1 N–H and O–H groups in total. The van der Waals surface area contributed by atoms with E-state index in [2.05, 4.69) is 42.4 Å². The van der Waals surface area contributed by atoms with E-state index in [1.165, 1.54) is 18.4 Å². The monoisotopic (exact) mass is 262 g/mol. The highest BCUT2D eigenvalue weighted by Crippen LogP contribution is 2.37. The van der Waals surface area contributed by atoms with Gasteiger partial charge in [-0.2, -0.15) is 0 Å². The maximum atomic E-state index is 5.28. The molecule has 0 bridgehead atoms. The van der Waals surface area contributed by atoms with Crippen LogP contribution >= 0.6 is 0 Å². The minimum Gasteiger partial charge on any atom is -0.497 e. The number of hydrogen-bond donors (Lipinski definition) is 1. The Morgan fingerprint density at radius 3 is 2.84 bits per heavy atom. The Bertz CT molecular complexity index is 388. The number of benzene rings is 1. The molecule has 0 aromatic heterocycles. The Morgan fingerprint density at radius 2 is 2.16 bits per heavy atom. The zero-order valence-corrected chi connectivity index (χ0v) is 12.4. The van der Waals surface area contributed by atoms with E-state index in [1.54, 1.807) is 7.11 Å². The molecule has 3 nitrogen and oxygen atoms in total. The lowest BCUT2D eigenvalue weighted by Gasteiger charge is -2.37.